The molecular weight excluding hydrogens is 116 g/mol. The van der Waals surface area contributed by atoms with Crippen LogP contribution >= 0.6 is 0 Å². The average molecular weight is 128 g/mol. The van der Waals surface area contributed by atoms with Crippen molar-refractivity contribution < 1.29 is 9.84 Å². The summed E-state index contributed by atoms with van der Waals surface area (Å²) in [7, 11) is 0. The molecule has 0 aliphatic heterocycles. The van der Waals surface area contributed by atoms with E-state index in [1.54, 1.807) is 6.08 Å². The van der Waals surface area contributed by atoms with E-state index in [1.165, 1.54) is 0 Å². The van der Waals surface area contributed by atoms with E-state index in [1.807, 2.05) is 0 Å². The molecule has 1 N–H and O–H groups in total. The van der Waals surface area contributed by atoms with Crippen LogP contribution in [0, 0.1) is 0 Å². The van der Waals surface area contributed by atoms with Crippen LogP contribution in [-0.4, -0.2) is 24.9 Å². The van der Waals surface area contributed by atoms with Crippen molar-refractivity contribution in [1.29, 1.82) is 0 Å². The number of hydrogen-bond acceptors (Lipinski definition) is 2. The van der Waals surface area contributed by atoms with Crippen molar-refractivity contribution in [2.24, 2.45) is 0 Å². The lowest BCUT2D eigenvalue weighted by atomic mass is 10.3. The zero-order valence-corrected chi connectivity index (χ0v) is 5.47. The molecule has 0 fully saturated rings. The molecule has 0 aliphatic rings. The van der Waals surface area contributed by atoms with Crippen molar-refractivity contribution in [2.45, 2.75) is 0 Å². The van der Waals surface area contributed by atoms with Gasteiger partial charge in [-0.25, -0.2) is 0 Å². The van der Waals surface area contributed by atoms with Crippen molar-refractivity contribution in [1.82, 2.24) is 0 Å². The Bertz CT molecular complexity index is 97.1. The van der Waals surface area contributed by atoms with E-state index in [9.17, 15) is 0 Å². The maximum absolute atomic E-state index is 8.43. The molecule has 0 radical (unpaired) electrons. The van der Waals surface area contributed by atoms with Gasteiger partial charge < -0.3 is 9.84 Å². The SMILES string of the molecule is C=CCOCC(=C)CO. The first-order valence-corrected chi connectivity index (χ1v) is 2.77. The molecule has 0 spiro atoms. The quantitative estimate of drug-likeness (QED) is 0.437. The van der Waals surface area contributed by atoms with Gasteiger partial charge in [0.15, 0.2) is 0 Å². The van der Waals surface area contributed by atoms with Gasteiger partial charge in [0.05, 0.1) is 19.8 Å². The molecule has 2 heteroatoms. The highest BCUT2D eigenvalue weighted by atomic mass is 16.5. The Morgan fingerprint density at radius 1 is 1.67 bits per heavy atom. The zero-order chi connectivity index (χ0) is 7.11. The molecule has 2 nitrogen and oxygen atoms in total. The lowest BCUT2D eigenvalue weighted by Crippen LogP contribution is -2.00. The second kappa shape index (κ2) is 5.54. The maximum Gasteiger partial charge on any atom is 0.0700 e. The van der Waals surface area contributed by atoms with Crippen molar-refractivity contribution >= 4 is 0 Å². The molecular formula is C7H12O2. The maximum atomic E-state index is 8.43. The van der Waals surface area contributed by atoms with Gasteiger partial charge in [0.2, 0.25) is 0 Å². The van der Waals surface area contributed by atoms with Gasteiger partial charge >= 0.3 is 0 Å². The molecule has 0 aromatic carbocycles. The van der Waals surface area contributed by atoms with Gasteiger partial charge in [0.25, 0.3) is 0 Å². The number of hydrogen-bond donors (Lipinski definition) is 1. The summed E-state index contributed by atoms with van der Waals surface area (Å²) >= 11 is 0. The average Bonchev–Trinajstić information content (AvgIpc) is 1.89. The minimum atomic E-state index is -0.00283. The third-order valence-electron chi connectivity index (χ3n) is 0.765. The van der Waals surface area contributed by atoms with Crippen LogP contribution in [0.5, 0.6) is 0 Å². The molecule has 0 rings (SSSR count). The lowest BCUT2D eigenvalue weighted by Gasteiger charge is -1.99. The highest BCUT2D eigenvalue weighted by molar-refractivity contribution is 4.93. The molecule has 0 bridgehead atoms. The van der Waals surface area contributed by atoms with E-state index in [0.29, 0.717) is 18.8 Å². The largest absolute Gasteiger partial charge is 0.392 e. The fourth-order valence-corrected chi connectivity index (χ4v) is 0.332. The minimum absolute atomic E-state index is 0.00283. The van der Waals surface area contributed by atoms with Crippen LogP contribution in [0.2, 0.25) is 0 Å². The van der Waals surface area contributed by atoms with Crippen LogP contribution in [0.25, 0.3) is 0 Å². The number of aliphatic hydroxyl groups is 1. The molecule has 0 saturated heterocycles. The van der Waals surface area contributed by atoms with Crippen molar-refractivity contribution in [3.05, 3.63) is 24.8 Å². The summed E-state index contributed by atoms with van der Waals surface area (Å²) in [6.45, 7) is 7.93. The number of ether oxygens (including phenoxy) is 1. The Kier molecular flexibility index (Phi) is 5.17. The minimum Gasteiger partial charge on any atom is -0.392 e. The summed E-state index contributed by atoms with van der Waals surface area (Å²) < 4.78 is 4.96. The van der Waals surface area contributed by atoms with Crippen LogP contribution in [-0.2, 0) is 4.74 Å². The summed E-state index contributed by atoms with van der Waals surface area (Å²) in [6.07, 6.45) is 1.66. The van der Waals surface area contributed by atoms with Crippen LogP contribution in [0.3, 0.4) is 0 Å². The van der Waals surface area contributed by atoms with Crippen molar-refractivity contribution in [2.75, 3.05) is 19.8 Å². The summed E-state index contributed by atoms with van der Waals surface area (Å²) in [5.41, 5.74) is 0.692. The smallest absolute Gasteiger partial charge is 0.0700 e. The van der Waals surface area contributed by atoms with E-state index >= 15 is 0 Å². The summed E-state index contributed by atoms with van der Waals surface area (Å²) in [5, 5.41) is 8.43. The number of rotatable bonds is 5. The molecule has 0 unspecified atom stereocenters. The first-order chi connectivity index (χ1) is 4.31. The molecule has 0 amide bonds. The molecule has 0 atom stereocenters. The van der Waals surface area contributed by atoms with Crippen molar-refractivity contribution in [3.63, 3.8) is 0 Å². The van der Waals surface area contributed by atoms with Gasteiger partial charge in [0, 0.05) is 0 Å². The monoisotopic (exact) mass is 128 g/mol. The third-order valence-corrected chi connectivity index (χ3v) is 0.765. The first-order valence-electron chi connectivity index (χ1n) is 2.77. The Morgan fingerprint density at radius 3 is 2.78 bits per heavy atom. The Morgan fingerprint density at radius 2 is 2.33 bits per heavy atom. The van der Waals surface area contributed by atoms with Gasteiger partial charge in [-0.2, -0.15) is 0 Å². The molecule has 9 heavy (non-hydrogen) atoms. The Balaban J connectivity index is 3.06. The predicted molar refractivity (Wildman–Crippen MR) is 37.2 cm³/mol. The molecule has 0 aromatic heterocycles. The van der Waals surface area contributed by atoms with E-state index in [-0.39, 0.29) is 6.61 Å². The molecule has 0 heterocycles. The zero-order valence-electron chi connectivity index (χ0n) is 5.47. The topological polar surface area (TPSA) is 29.5 Å². The van der Waals surface area contributed by atoms with Crippen LogP contribution < -0.4 is 0 Å². The van der Waals surface area contributed by atoms with E-state index < -0.39 is 0 Å². The second-order valence-corrected chi connectivity index (χ2v) is 1.71. The van der Waals surface area contributed by atoms with Crippen LogP contribution in [0.15, 0.2) is 24.8 Å². The van der Waals surface area contributed by atoms with Crippen LogP contribution in [0.4, 0.5) is 0 Å². The molecule has 0 saturated carbocycles. The van der Waals surface area contributed by atoms with Gasteiger partial charge in [0.1, 0.15) is 0 Å². The normalized spacial score (nSPS) is 9.00. The number of aliphatic hydroxyl groups excluding tert-OH is 1. The highest BCUT2D eigenvalue weighted by Crippen LogP contribution is 1.87. The second-order valence-electron chi connectivity index (χ2n) is 1.71. The lowest BCUT2D eigenvalue weighted by molar-refractivity contribution is 0.175. The molecule has 52 valence electrons. The van der Waals surface area contributed by atoms with Gasteiger partial charge in [-0.1, -0.05) is 12.7 Å². The van der Waals surface area contributed by atoms with Gasteiger partial charge in [-0.05, 0) is 5.57 Å². The van der Waals surface area contributed by atoms with Crippen LogP contribution in [0.1, 0.15) is 0 Å². The molecule has 0 aromatic rings. The molecule has 0 aliphatic carbocycles. The fraction of sp³-hybridized carbons (Fsp3) is 0.429. The van der Waals surface area contributed by atoms with E-state index in [0.717, 1.165) is 0 Å². The fourth-order valence-electron chi connectivity index (χ4n) is 0.332. The Labute approximate surface area is 55.5 Å². The predicted octanol–water partition coefficient (Wildman–Crippen LogP) is 0.737. The first kappa shape index (κ1) is 8.40. The van der Waals surface area contributed by atoms with E-state index in [4.69, 9.17) is 9.84 Å². The third kappa shape index (κ3) is 5.27. The van der Waals surface area contributed by atoms with Gasteiger partial charge in [-0.3, -0.25) is 0 Å². The Hall–Kier alpha value is -0.600. The van der Waals surface area contributed by atoms with Gasteiger partial charge in [-0.15, -0.1) is 6.58 Å². The summed E-state index contributed by atoms with van der Waals surface area (Å²) in [5.74, 6) is 0. The summed E-state index contributed by atoms with van der Waals surface area (Å²) in [6, 6.07) is 0. The van der Waals surface area contributed by atoms with Crippen molar-refractivity contribution in [3.8, 4) is 0 Å². The standard InChI is InChI=1S/C7H12O2/c1-3-4-9-6-7(2)5-8/h3,8H,1-2,4-6H2. The van der Waals surface area contributed by atoms with E-state index in [2.05, 4.69) is 13.2 Å². The summed E-state index contributed by atoms with van der Waals surface area (Å²) in [4.78, 5) is 0. The highest BCUT2D eigenvalue weighted by Gasteiger charge is 1.88.